The smallest absolute Gasteiger partial charge is 0.151 e. The summed E-state index contributed by atoms with van der Waals surface area (Å²) >= 11 is 0. The molecule has 0 radical (unpaired) electrons. The normalized spacial score (nSPS) is 21.5. The van der Waals surface area contributed by atoms with Crippen LogP contribution in [-0.4, -0.2) is 31.3 Å². The van der Waals surface area contributed by atoms with Crippen LogP contribution in [0, 0.1) is 0 Å². The van der Waals surface area contributed by atoms with Gasteiger partial charge in [0.15, 0.2) is 5.82 Å². The van der Waals surface area contributed by atoms with Crippen molar-refractivity contribution < 1.29 is 4.74 Å². The molecule has 1 saturated heterocycles. The van der Waals surface area contributed by atoms with Crippen LogP contribution in [0.15, 0.2) is 18.3 Å². The van der Waals surface area contributed by atoms with E-state index < -0.39 is 0 Å². The quantitative estimate of drug-likeness (QED) is 0.757. The molecule has 0 aromatic carbocycles. The molecule has 14 heavy (non-hydrogen) atoms. The summed E-state index contributed by atoms with van der Waals surface area (Å²) in [4.78, 5) is 6.44. The highest BCUT2D eigenvalue weighted by Gasteiger charge is 2.23. The molecule has 2 rings (SSSR count). The number of rotatable bonds is 2. The minimum atomic E-state index is 0.316. The third kappa shape index (κ3) is 1.65. The SMILES string of the molecule is CO[C@H]1CCN(c2ncccc2N)C1. The molecule has 1 aromatic heterocycles. The summed E-state index contributed by atoms with van der Waals surface area (Å²) in [5.74, 6) is 0.882. The number of nitrogens with two attached hydrogens (primary N) is 1. The van der Waals surface area contributed by atoms with Gasteiger partial charge in [-0.15, -0.1) is 0 Å². The fourth-order valence-corrected chi connectivity index (χ4v) is 1.79. The maximum atomic E-state index is 5.84. The Bertz CT molecular complexity index is 316. The van der Waals surface area contributed by atoms with Gasteiger partial charge in [0, 0.05) is 26.4 Å². The summed E-state index contributed by atoms with van der Waals surface area (Å²) in [5, 5.41) is 0. The van der Waals surface area contributed by atoms with E-state index in [1.165, 1.54) is 0 Å². The fourth-order valence-electron chi connectivity index (χ4n) is 1.79. The molecular formula is C10H15N3O. The zero-order chi connectivity index (χ0) is 9.97. The predicted octanol–water partition coefficient (Wildman–Crippen LogP) is 0.889. The monoisotopic (exact) mass is 193 g/mol. The van der Waals surface area contributed by atoms with Crippen molar-refractivity contribution >= 4 is 11.5 Å². The third-order valence-electron chi connectivity index (χ3n) is 2.59. The average molecular weight is 193 g/mol. The first-order valence-corrected chi connectivity index (χ1v) is 4.79. The number of nitrogen functional groups attached to an aromatic ring is 1. The zero-order valence-electron chi connectivity index (χ0n) is 8.31. The summed E-state index contributed by atoms with van der Waals surface area (Å²) in [6, 6.07) is 3.73. The molecule has 0 unspecified atom stereocenters. The Morgan fingerprint density at radius 1 is 1.64 bits per heavy atom. The lowest BCUT2D eigenvalue weighted by molar-refractivity contribution is 0.121. The first kappa shape index (κ1) is 9.27. The van der Waals surface area contributed by atoms with Gasteiger partial charge >= 0.3 is 0 Å². The largest absolute Gasteiger partial charge is 0.396 e. The van der Waals surface area contributed by atoms with E-state index in [4.69, 9.17) is 10.5 Å². The van der Waals surface area contributed by atoms with Gasteiger partial charge in [0.2, 0.25) is 0 Å². The van der Waals surface area contributed by atoms with E-state index in [0.29, 0.717) is 6.10 Å². The second-order valence-electron chi connectivity index (χ2n) is 3.51. The molecule has 0 bridgehead atoms. The van der Waals surface area contributed by atoms with Crippen molar-refractivity contribution in [2.45, 2.75) is 12.5 Å². The number of hydrogen-bond donors (Lipinski definition) is 1. The molecule has 1 atom stereocenters. The lowest BCUT2D eigenvalue weighted by Gasteiger charge is -2.18. The second-order valence-corrected chi connectivity index (χ2v) is 3.51. The fraction of sp³-hybridized carbons (Fsp3) is 0.500. The molecule has 1 aromatic rings. The van der Waals surface area contributed by atoms with Crippen molar-refractivity contribution in [2.75, 3.05) is 30.8 Å². The Balaban J connectivity index is 2.13. The molecule has 0 saturated carbocycles. The summed E-state index contributed by atoms with van der Waals surface area (Å²) in [7, 11) is 1.75. The number of methoxy groups -OCH3 is 1. The number of pyridine rings is 1. The van der Waals surface area contributed by atoms with Gasteiger partial charge in [0.05, 0.1) is 11.8 Å². The summed E-state index contributed by atoms with van der Waals surface area (Å²) < 4.78 is 5.29. The lowest BCUT2D eigenvalue weighted by Crippen LogP contribution is -2.23. The summed E-state index contributed by atoms with van der Waals surface area (Å²) in [6.07, 6.45) is 3.13. The second kappa shape index (κ2) is 3.84. The number of aromatic nitrogens is 1. The van der Waals surface area contributed by atoms with Crippen molar-refractivity contribution in [3.05, 3.63) is 18.3 Å². The summed E-state index contributed by atoms with van der Waals surface area (Å²) in [5.41, 5.74) is 6.58. The molecule has 1 aliphatic heterocycles. The highest BCUT2D eigenvalue weighted by Crippen LogP contribution is 2.24. The summed E-state index contributed by atoms with van der Waals surface area (Å²) in [6.45, 7) is 1.86. The van der Waals surface area contributed by atoms with Gasteiger partial charge in [-0.05, 0) is 18.6 Å². The molecule has 2 N–H and O–H groups in total. The van der Waals surface area contributed by atoms with Crippen LogP contribution in [0.3, 0.4) is 0 Å². The molecule has 4 nitrogen and oxygen atoms in total. The Kier molecular flexibility index (Phi) is 2.54. The van der Waals surface area contributed by atoms with Gasteiger partial charge in [-0.2, -0.15) is 0 Å². The Morgan fingerprint density at radius 2 is 2.50 bits per heavy atom. The maximum Gasteiger partial charge on any atom is 0.151 e. The molecule has 0 amide bonds. The number of anilines is 2. The van der Waals surface area contributed by atoms with Crippen molar-refractivity contribution in [2.24, 2.45) is 0 Å². The topological polar surface area (TPSA) is 51.4 Å². The third-order valence-corrected chi connectivity index (χ3v) is 2.59. The van der Waals surface area contributed by atoms with Gasteiger partial charge in [-0.25, -0.2) is 4.98 Å². The number of ether oxygens (including phenoxy) is 1. The van der Waals surface area contributed by atoms with Crippen LogP contribution in [0.5, 0.6) is 0 Å². The predicted molar refractivity (Wildman–Crippen MR) is 56.3 cm³/mol. The maximum absolute atomic E-state index is 5.84. The van der Waals surface area contributed by atoms with Crippen LogP contribution in [0.1, 0.15) is 6.42 Å². The van der Waals surface area contributed by atoms with E-state index in [-0.39, 0.29) is 0 Å². The van der Waals surface area contributed by atoms with Crippen molar-refractivity contribution in [1.82, 2.24) is 4.98 Å². The zero-order valence-corrected chi connectivity index (χ0v) is 8.31. The van der Waals surface area contributed by atoms with Crippen LogP contribution in [-0.2, 0) is 4.74 Å². The molecular weight excluding hydrogens is 178 g/mol. The lowest BCUT2D eigenvalue weighted by atomic mass is 10.3. The van der Waals surface area contributed by atoms with Crippen LogP contribution in [0.2, 0.25) is 0 Å². The van der Waals surface area contributed by atoms with E-state index in [2.05, 4.69) is 9.88 Å². The first-order chi connectivity index (χ1) is 6.81. The minimum absolute atomic E-state index is 0.316. The van der Waals surface area contributed by atoms with Gasteiger partial charge in [-0.1, -0.05) is 0 Å². The van der Waals surface area contributed by atoms with E-state index in [0.717, 1.165) is 31.0 Å². The van der Waals surface area contributed by atoms with Crippen LogP contribution < -0.4 is 10.6 Å². The number of nitrogens with zero attached hydrogens (tertiary/aromatic N) is 2. The molecule has 4 heteroatoms. The average Bonchev–Trinajstić information content (AvgIpc) is 2.67. The molecule has 1 aliphatic rings. The Morgan fingerprint density at radius 3 is 3.14 bits per heavy atom. The van der Waals surface area contributed by atoms with Gasteiger partial charge in [0.1, 0.15) is 0 Å². The van der Waals surface area contributed by atoms with E-state index >= 15 is 0 Å². The molecule has 76 valence electrons. The van der Waals surface area contributed by atoms with Gasteiger partial charge in [-0.3, -0.25) is 0 Å². The van der Waals surface area contributed by atoms with E-state index in [1.807, 2.05) is 12.1 Å². The van der Waals surface area contributed by atoms with Gasteiger partial charge in [0.25, 0.3) is 0 Å². The molecule has 0 spiro atoms. The van der Waals surface area contributed by atoms with E-state index in [1.54, 1.807) is 13.3 Å². The van der Waals surface area contributed by atoms with Gasteiger partial charge < -0.3 is 15.4 Å². The molecule has 1 fully saturated rings. The van der Waals surface area contributed by atoms with Crippen LogP contribution >= 0.6 is 0 Å². The molecule has 2 heterocycles. The molecule has 0 aliphatic carbocycles. The highest BCUT2D eigenvalue weighted by molar-refractivity contribution is 5.62. The van der Waals surface area contributed by atoms with Crippen molar-refractivity contribution in [3.8, 4) is 0 Å². The van der Waals surface area contributed by atoms with Crippen LogP contribution in [0.25, 0.3) is 0 Å². The Hall–Kier alpha value is -1.29. The minimum Gasteiger partial charge on any atom is -0.396 e. The highest BCUT2D eigenvalue weighted by atomic mass is 16.5. The Labute approximate surface area is 83.7 Å². The van der Waals surface area contributed by atoms with Crippen LogP contribution in [0.4, 0.5) is 11.5 Å². The standard InChI is InChI=1S/C10H15N3O/c1-14-8-4-6-13(7-8)10-9(11)3-2-5-12-10/h2-3,5,8H,4,6-7,11H2,1H3/t8-/m0/s1. The van der Waals surface area contributed by atoms with E-state index in [9.17, 15) is 0 Å². The number of hydrogen-bond acceptors (Lipinski definition) is 4. The van der Waals surface area contributed by atoms with Crippen molar-refractivity contribution in [3.63, 3.8) is 0 Å². The first-order valence-electron chi connectivity index (χ1n) is 4.79. The van der Waals surface area contributed by atoms with Crippen molar-refractivity contribution in [1.29, 1.82) is 0 Å².